The molecule has 2 amide bonds. The number of ether oxygens (including phenoxy) is 1. The normalized spacial score (nSPS) is 10.8. The number of para-hydroxylation sites is 2. The number of nitrogens with one attached hydrogen (secondary N) is 2. The smallest absolute Gasteiger partial charge is 0.319 e. The molecule has 2 aromatic carbocycles. The van der Waals surface area contributed by atoms with Gasteiger partial charge in [0.2, 0.25) is 0 Å². The van der Waals surface area contributed by atoms with Crippen molar-refractivity contribution in [2.24, 2.45) is 0 Å². The van der Waals surface area contributed by atoms with Crippen molar-refractivity contribution >= 4 is 11.7 Å². The van der Waals surface area contributed by atoms with Crippen molar-refractivity contribution in [1.82, 2.24) is 5.32 Å². The Morgan fingerprint density at radius 3 is 2.12 bits per heavy atom. The summed E-state index contributed by atoms with van der Waals surface area (Å²) >= 11 is 0. The highest BCUT2D eigenvalue weighted by Crippen LogP contribution is 2.32. The van der Waals surface area contributed by atoms with E-state index in [1.54, 1.807) is 7.11 Å². The Morgan fingerprint density at radius 2 is 1.56 bits per heavy atom. The zero-order chi connectivity index (χ0) is 18.4. The molecule has 0 saturated heterocycles. The lowest BCUT2D eigenvalue weighted by atomic mass is 9.93. The van der Waals surface area contributed by atoms with Crippen LogP contribution >= 0.6 is 0 Å². The predicted octanol–water partition coefficient (Wildman–Crippen LogP) is 5.26. The maximum Gasteiger partial charge on any atom is 0.319 e. The van der Waals surface area contributed by atoms with Gasteiger partial charge in [-0.3, -0.25) is 0 Å². The van der Waals surface area contributed by atoms with Crippen molar-refractivity contribution in [1.29, 1.82) is 0 Å². The summed E-state index contributed by atoms with van der Waals surface area (Å²) in [5.74, 6) is 1.44. The average Bonchev–Trinajstić information content (AvgIpc) is 2.59. The molecule has 0 aliphatic carbocycles. The second-order valence-electron chi connectivity index (χ2n) is 6.74. The van der Waals surface area contributed by atoms with Crippen molar-refractivity contribution in [2.45, 2.75) is 46.1 Å². The number of carbonyl (C=O) groups excluding carboxylic acids is 1. The van der Waals surface area contributed by atoms with E-state index < -0.39 is 0 Å². The molecule has 0 heterocycles. The molecular weight excluding hydrogens is 312 g/mol. The molecule has 0 unspecified atom stereocenters. The Balaban J connectivity index is 2.15. The van der Waals surface area contributed by atoms with Gasteiger partial charge in [0.15, 0.2) is 0 Å². The molecule has 2 aromatic rings. The van der Waals surface area contributed by atoms with Crippen LogP contribution < -0.4 is 15.4 Å². The molecule has 4 heteroatoms. The topological polar surface area (TPSA) is 50.4 Å². The molecule has 0 spiro atoms. The van der Waals surface area contributed by atoms with E-state index in [9.17, 15) is 4.79 Å². The van der Waals surface area contributed by atoms with E-state index in [4.69, 9.17) is 4.74 Å². The van der Waals surface area contributed by atoms with E-state index in [1.165, 1.54) is 0 Å². The fourth-order valence-electron chi connectivity index (χ4n) is 2.88. The van der Waals surface area contributed by atoms with E-state index in [-0.39, 0.29) is 6.03 Å². The third-order valence-electron chi connectivity index (χ3n) is 4.24. The summed E-state index contributed by atoms with van der Waals surface area (Å²) in [5.41, 5.74) is 4.17. The minimum Gasteiger partial charge on any atom is -0.496 e. The van der Waals surface area contributed by atoms with Gasteiger partial charge in [0.05, 0.1) is 7.11 Å². The van der Waals surface area contributed by atoms with Gasteiger partial charge in [0, 0.05) is 17.8 Å². The average molecular weight is 340 g/mol. The Bertz CT molecular complexity index is 697. The Labute approximate surface area is 150 Å². The van der Waals surface area contributed by atoms with Crippen LogP contribution in [-0.4, -0.2) is 13.1 Å². The number of benzene rings is 2. The van der Waals surface area contributed by atoms with Gasteiger partial charge in [0.1, 0.15) is 5.75 Å². The van der Waals surface area contributed by atoms with Crippen LogP contribution in [0.4, 0.5) is 10.5 Å². The largest absolute Gasteiger partial charge is 0.496 e. The third kappa shape index (κ3) is 4.75. The summed E-state index contributed by atoms with van der Waals surface area (Å²) < 4.78 is 5.33. The van der Waals surface area contributed by atoms with Crippen LogP contribution in [-0.2, 0) is 6.54 Å². The molecular formula is C21H28N2O2. The van der Waals surface area contributed by atoms with Gasteiger partial charge < -0.3 is 15.4 Å². The van der Waals surface area contributed by atoms with Crippen molar-refractivity contribution in [3.63, 3.8) is 0 Å². The summed E-state index contributed by atoms with van der Waals surface area (Å²) in [4.78, 5) is 12.5. The molecule has 0 atom stereocenters. The third-order valence-corrected chi connectivity index (χ3v) is 4.24. The number of rotatable bonds is 6. The van der Waals surface area contributed by atoms with Gasteiger partial charge in [-0.1, -0.05) is 64.1 Å². The second-order valence-corrected chi connectivity index (χ2v) is 6.74. The first kappa shape index (κ1) is 18.8. The zero-order valence-corrected chi connectivity index (χ0v) is 15.7. The summed E-state index contributed by atoms with van der Waals surface area (Å²) in [6, 6.07) is 13.7. The SMILES string of the molecule is COc1ccccc1CNC(=O)Nc1c(C(C)C)cccc1C(C)C. The second kappa shape index (κ2) is 8.56. The summed E-state index contributed by atoms with van der Waals surface area (Å²) in [7, 11) is 1.63. The van der Waals surface area contributed by atoms with Gasteiger partial charge in [-0.2, -0.15) is 0 Å². The van der Waals surface area contributed by atoms with Crippen molar-refractivity contribution in [3.8, 4) is 5.75 Å². The molecule has 4 nitrogen and oxygen atoms in total. The highest BCUT2D eigenvalue weighted by molar-refractivity contribution is 5.91. The van der Waals surface area contributed by atoms with Crippen LogP contribution in [0, 0.1) is 0 Å². The molecule has 0 saturated carbocycles. The van der Waals surface area contributed by atoms with Crippen LogP contribution in [0.25, 0.3) is 0 Å². The first-order valence-electron chi connectivity index (χ1n) is 8.73. The maximum absolute atomic E-state index is 12.5. The molecule has 134 valence electrons. The van der Waals surface area contributed by atoms with Crippen LogP contribution in [0.2, 0.25) is 0 Å². The van der Waals surface area contributed by atoms with Gasteiger partial charge in [0.25, 0.3) is 0 Å². The van der Waals surface area contributed by atoms with E-state index in [0.29, 0.717) is 18.4 Å². The number of urea groups is 1. The minimum absolute atomic E-state index is 0.207. The number of methoxy groups -OCH3 is 1. The molecule has 2 rings (SSSR count). The van der Waals surface area contributed by atoms with Crippen LogP contribution in [0.15, 0.2) is 42.5 Å². The lowest BCUT2D eigenvalue weighted by Gasteiger charge is -2.20. The molecule has 0 bridgehead atoms. The van der Waals surface area contributed by atoms with Crippen LogP contribution in [0.1, 0.15) is 56.2 Å². The molecule has 0 aliphatic heterocycles. The Kier molecular flexibility index (Phi) is 6.45. The van der Waals surface area contributed by atoms with E-state index in [1.807, 2.05) is 24.3 Å². The van der Waals surface area contributed by atoms with Crippen molar-refractivity contribution in [2.75, 3.05) is 12.4 Å². The number of hydrogen-bond donors (Lipinski definition) is 2. The number of amides is 2. The van der Waals surface area contributed by atoms with Crippen molar-refractivity contribution in [3.05, 3.63) is 59.2 Å². The zero-order valence-electron chi connectivity index (χ0n) is 15.7. The Morgan fingerprint density at radius 1 is 0.960 bits per heavy atom. The lowest BCUT2D eigenvalue weighted by molar-refractivity contribution is 0.251. The fourth-order valence-corrected chi connectivity index (χ4v) is 2.88. The molecule has 0 radical (unpaired) electrons. The van der Waals surface area contributed by atoms with Gasteiger partial charge in [-0.05, 0) is 29.0 Å². The predicted molar refractivity (Wildman–Crippen MR) is 103 cm³/mol. The summed E-state index contributed by atoms with van der Waals surface area (Å²) in [6.07, 6.45) is 0. The van der Waals surface area contributed by atoms with E-state index >= 15 is 0 Å². The maximum atomic E-state index is 12.5. The molecule has 0 fully saturated rings. The van der Waals surface area contributed by atoms with Crippen molar-refractivity contribution < 1.29 is 9.53 Å². The number of carbonyl (C=O) groups is 1. The summed E-state index contributed by atoms with van der Waals surface area (Å²) in [6.45, 7) is 8.96. The standard InChI is InChI=1S/C21H28N2O2/c1-14(2)17-10-8-11-18(15(3)4)20(17)23-21(24)22-13-16-9-6-7-12-19(16)25-5/h6-12,14-15H,13H2,1-5H3,(H2,22,23,24). The molecule has 25 heavy (non-hydrogen) atoms. The van der Waals surface area contributed by atoms with Gasteiger partial charge >= 0.3 is 6.03 Å². The fraction of sp³-hybridized carbons (Fsp3) is 0.381. The Hall–Kier alpha value is -2.49. The monoisotopic (exact) mass is 340 g/mol. The van der Waals surface area contributed by atoms with Crippen LogP contribution in [0.5, 0.6) is 5.75 Å². The quantitative estimate of drug-likeness (QED) is 0.753. The molecule has 0 aromatic heterocycles. The summed E-state index contributed by atoms with van der Waals surface area (Å²) in [5, 5.41) is 5.98. The van der Waals surface area contributed by atoms with Gasteiger partial charge in [-0.25, -0.2) is 4.79 Å². The highest BCUT2D eigenvalue weighted by Gasteiger charge is 2.16. The van der Waals surface area contributed by atoms with Gasteiger partial charge in [-0.15, -0.1) is 0 Å². The van der Waals surface area contributed by atoms with E-state index in [0.717, 1.165) is 28.1 Å². The molecule has 0 aliphatic rings. The first-order valence-corrected chi connectivity index (χ1v) is 8.73. The lowest BCUT2D eigenvalue weighted by Crippen LogP contribution is -2.29. The minimum atomic E-state index is -0.207. The highest BCUT2D eigenvalue weighted by atomic mass is 16.5. The number of anilines is 1. The van der Waals surface area contributed by atoms with Crippen LogP contribution in [0.3, 0.4) is 0 Å². The molecule has 2 N–H and O–H groups in total. The first-order chi connectivity index (χ1) is 11.9. The number of hydrogen-bond acceptors (Lipinski definition) is 2. The van der Waals surface area contributed by atoms with E-state index in [2.05, 4.69) is 56.5 Å².